The van der Waals surface area contributed by atoms with Crippen molar-refractivity contribution >= 4 is 13.9 Å². The second-order valence-corrected chi connectivity index (χ2v) is 15.5. The lowest BCUT2D eigenvalue weighted by Crippen LogP contribution is -2.42. The predicted molar refractivity (Wildman–Crippen MR) is 158 cm³/mol. The van der Waals surface area contributed by atoms with Crippen molar-refractivity contribution in [1.82, 2.24) is 0 Å². The molecule has 0 spiro atoms. The first-order valence-electron chi connectivity index (χ1n) is 14.7. The topological polar surface area (TPSA) is 17.1 Å². The van der Waals surface area contributed by atoms with Gasteiger partial charge >= 0.3 is 0 Å². The minimum atomic E-state index is -1.75. The van der Waals surface area contributed by atoms with Crippen molar-refractivity contribution in [1.29, 1.82) is 0 Å². The van der Waals surface area contributed by atoms with Gasteiger partial charge in [0.25, 0.3) is 0 Å². The van der Waals surface area contributed by atoms with E-state index in [1.807, 2.05) is 0 Å². The van der Waals surface area contributed by atoms with E-state index in [-0.39, 0.29) is 5.92 Å². The molecule has 0 radical (unpaired) electrons. The lowest BCUT2D eigenvalue weighted by atomic mass is 9.65. The van der Waals surface area contributed by atoms with Gasteiger partial charge in [-0.1, -0.05) is 132 Å². The van der Waals surface area contributed by atoms with Crippen LogP contribution in [0.1, 0.15) is 89.7 Å². The first-order chi connectivity index (χ1) is 17.6. The first-order valence-corrected chi connectivity index (χ1v) is 17.3. The van der Waals surface area contributed by atoms with Crippen molar-refractivity contribution < 1.29 is 4.79 Å². The van der Waals surface area contributed by atoms with E-state index >= 15 is 0 Å². The lowest BCUT2D eigenvalue weighted by molar-refractivity contribution is -0.132. The Morgan fingerprint density at radius 1 is 0.806 bits per heavy atom. The predicted octanol–water partition coefficient (Wildman–Crippen LogP) is 9.22. The van der Waals surface area contributed by atoms with Gasteiger partial charge in [-0.15, -0.1) is 5.54 Å². The van der Waals surface area contributed by atoms with Gasteiger partial charge in [0.05, 0.1) is 5.41 Å². The number of Topliss-reactive ketones (excluding diaryl/α,β-unsaturated/α-hetero) is 1. The van der Waals surface area contributed by atoms with Crippen LogP contribution in [0.4, 0.5) is 0 Å². The zero-order valence-corrected chi connectivity index (χ0v) is 24.2. The molecule has 0 saturated heterocycles. The molecule has 36 heavy (non-hydrogen) atoms. The Bertz CT molecular complexity index is 949. The highest BCUT2D eigenvalue weighted by molar-refractivity contribution is 6.87. The summed E-state index contributed by atoms with van der Waals surface area (Å²) in [5.74, 6) is 4.37. The monoisotopic (exact) mass is 500 g/mol. The first kappa shape index (κ1) is 28.5. The van der Waals surface area contributed by atoms with Gasteiger partial charge in [0.2, 0.25) is 0 Å². The molecule has 2 aromatic rings. The average molecular weight is 501 g/mol. The molecule has 1 fully saturated rings. The van der Waals surface area contributed by atoms with E-state index < -0.39 is 13.5 Å². The third-order valence-corrected chi connectivity index (χ3v) is 12.9. The fourth-order valence-corrected chi connectivity index (χ4v) is 10.8. The van der Waals surface area contributed by atoms with E-state index in [1.54, 1.807) is 0 Å². The lowest BCUT2D eigenvalue weighted by Gasteiger charge is -2.37. The molecule has 0 aromatic heterocycles. The van der Waals surface area contributed by atoms with Gasteiger partial charge in [0, 0.05) is 5.92 Å². The molecule has 2 heteroatoms. The second-order valence-electron chi connectivity index (χ2n) is 11.2. The number of ketones is 1. The van der Waals surface area contributed by atoms with Crippen molar-refractivity contribution in [3.05, 3.63) is 71.8 Å². The SMILES string of the molecule is CCCC[Si](C#C[C@]1(Cc2ccccc2)CCC[C@@H](Cc2ccccc2)C1=O)(CCCC)CCCC. The molecule has 194 valence electrons. The normalized spacial score (nSPS) is 20.1. The highest BCUT2D eigenvalue weighted by atomic mass is 28.3. The zero-order chi connectivity index (χ0) is 25.7. The number of hydrogen-bond donors (Lipinski definition) is 0. The van der Waals surface area contributed by atoms with Crippen molar-refractivity contribution in [2.45, 2.75) is 110 Å². The van der Waals surface area contributed by atoms with Crippen LogP contribution < -0.4 is 0 Å². The van der Waals surface area contributed by atoms with Crippen LogP contribution in [0.2, 0.25) is 18.1 Å². The Labute approximate surface area is 222 Å². The maximum atomic E-state index is 14.3. The summed E-state index contributed by atoms with van der Waals surface area (Å²) in [7, 11) is -1.75. The van der Waals surface area contributed by atoms with Crippen LogP contribution in [0, 0.1) is 22.8 Å². The van der Waals surface area contributed by atoms with Crippen LogP contribution in [-0.2, 0) is 17.6 Å². The van der Waals surface area contributed by atoms with E-state index in [1.165, 1.54) is 67.8 Å². The number of carbonyl (C=O) groups excluding carboxylic acids is 1. The maximum absolute atomic E-state index is 14.3. The standard InChI is InChI=1S/C34H48OSi/c1-4-7-24-36(25-8-5-2,26-9-6-3)27-23-34(29-31-19-14-11-15-20-31)22-16-21-32(33(34)35)28-30-17-12-10-13-18-30/h10-15,17-20,32H,4-9,16,21-22,24-26,28-29H2,1-3H3/t32-,34-/m0/s1. The Morgan fingerprint density at radius 3 is 1.86 bits per heavy atom. The molecule has 0 amide bonds. The average Bonchev–Trinajstić information content (AvgIpc) is 2.91. The molecule has 0 aliphatic heterocycles. The second kappa shape index (κ2) is 14.6. The van der Waals surface area contributed by atoms with Crippen molar-refractivity contribution in [2.75, 3.05) is 0 Å². The highest BCUT2D eigenvalue weighted by Gasteiger charge is 2.44. The van der Waals surface area contributed by atoms with Crippen LogP contribution in [0.5, 0.6) is 0 Å². The van der Waals surface area contributed by atoms with Crippen molar-refractivity contribution in [3.63, 3.8) is 0 Å². The van der Waals surface area contributed by atoms with Gasteiger partial charge in [0.15, 0.2) is 5.78 Å². The quantitative estimate of drug-likeness (QED) is 0.198. The van der Waals surface area contributed by atoms with Gasteiger partial charge in [0.1, 0.15) is 8.07 Å². The molecule has 1 saturated carbocycles. The molecule has 1 aliphatic rings. The third kappa shape index (κ3) is 7.94. The van der Waals surface area contributed by atoms with Crippen LogP contribution >= 0.6 is 0 Å². The molecule has 2 aromatic carbocycles. The molecular weight excluding hydrogens is 452 g/mol. The Balaban J connectivity index is 2.00. The molecule has 2 atom stereocenters. The molecule has 0 N–H and O–H groups in total. The summed E-state index contributed by atoms with van der Waals surface area (Å²) in [6, 6.07) is 25.2. The van der Waals surface area contributed by atoms with E-state index in [2.05, 4.69) is 92.9 Å². The summed E-state index contributed by atoms with van der Waals surface area (Å²) in [5.41, 5.74) is 6.05. The van der Waals surface area contributed by atoms with Crippen LogP contribution in [-0.4, -0.2) is 13.9 Å². The minimum absolute atomic E-state index is 0.0807. The summed E-state index contributed by atoms with van der Waals surface area (Å²) in [6.07, 6.45) is 12.2. The summed E-state index contributed by atoms with van der Waals surface area (Å²) in [6.45, 7) is 6.92. The highest BCUT2D eigenvalue weighted by Crippen LogP contribution is 2.41. The number of hydrogen-bond acceptors (Lipinski definition) is 1. The van der Waals surface area contributed by atoms with Crippen molar-refractivity contribution in [3.8, 4) is 11.5 Å². The minimum Gasteiger partial charge on any atom is -0.298 e. The molecule has 0 heterocycles. The largest absolute Gasteiger partial charge is 0.298 e. The van der Waals surface area contributed by atoms with Crippen molar-refractivity contribution in [2.24, 2.45) is 11.3 Å². The zero-order valence-electron chi connectivity index (χ0n) is 23.2. The smallest absolute Gasteiger partial charge is 0.154 e. The molecule has 1 aliphatic carbocycles. The summed E-state index contributed by atoms with van der Waals surface area (Å²) in [4.78, 5) is 14.3. The Morgan fingerprint density at radius 2 is 1.33 bits per heavy atom. The maximum Gasteiger partial charge on any atom is 0.154 e. The summed E-state index contributed by atoms with van der Waals surface area (Å²) in [5, 5.41) is 0. The molecule has 1 nitrogen and oxygen atoms in total. The third-order valence-electron chi connectivity index (χ3n) is 8.27. The summed E-state index contributed by atoms with van der Waals surface area (Å²) < 4.78 is 0. The molecule has 3 rings (SSSR count). The summed E-state index contributed by atoms with van der Waals surface area (Å²) >= 11 is 0. The number of rotatable bonds is 13. The number of benzene rings is 2. The van der Waals surface area contributed by atoms with E-state index in [9.17, 15) is 4.79 Å². The number of unbranched alkanes of at least 4 members (excludes halogenated alkanes) is 3. The van der Waals surface area contributed by atoms with Crippen LogP contribution in [0.3, 0.4) is 0 Å². The fraction of sp³-hybridized carbons (Fsp3) is 0.559. The van der Waals surface area contributed by atoms with Crippen LogP contribution in [0.25, 0.3) is 0 Å². The Hall–Kier alpha value is -2.11. The van der Waals surface area contributed by atoms with E-state index in [0.29, 0.717) is 5.78 Å². The molecule has 0 unspecified atom stereocenters. The number of carbonyl (C=O) groups is 1. The van der Waals surface area contributed by atoms with Gasteiger partial charge in [-0.25, -0.2) is 0 Å². The van der Waals surface area contributed by atoms with Gasteiger partial charge in [-0.2, -0.15) is 0 Å². The van der Waals surface area contributed by atoms with Gasteiger partial charge in [-0.3, -0.25) is 4.79 Å². The van der Waals surface area contributed by atoms with E-state index in [0.717, 1.165) is 32.1 Å². The fourth-order valence-electron chi connectivity index (χ4n) is 6.04. The Kier molecular flexibility index (Phi) is 11.5. The van der Waals surface area contributed by atoms with Gasteiger partial charge in [-0.05, 0) is 54.9 Å². The molecular formula is C34H48OSi. The van der Waals surface area contributed by atoms with Crippen LogP contribution in [0.15, 0.2) is 60.7 Å². The molecule has 0 bridgehead atoms. The van der Waals surface area contributed by atoms with Gasteiger partial charge < -0.3 is 0 Å². The van der Waals surface area contributed by atoms with E-state index in [4.69, 9.17) is 0 Å².